The average Bonchev–Trinajstić information content (AvgIpc) is 2.66. The molecule has 0 bridgehead atoms. The Morgan fingerprint density at radius 3 is 2.29 bits per heavy atom. The molecule has 1 aliphatic rings. The third kappa shape index (κ3) is 5.14. The van der Waals surface area contributed by atoms with Crippen molar-refractivity contribution in [3.8, 4) is 5.75 Å². The molecule has 1 fully saturated rings. The second kappa shape index (κ2) is 9.24. The van der Waals surface area contributed by atoms with E-state index < -0.39 is 16.1 Å². The summed E-state index contributed by atoms with van der Waals surface area (Å²) in [5, 5.41) is 0. The van der Waals surface area contributed by atoms with Gasteiger partial charge in [-0.2, -0.15) is 0 Å². The molecule has 0 spiro atoms. The number of nitrogens with zero attached hydrogens (tertiary/aromatic N) is 2. The van der Waals surface area contributed by atoms with Gasteiger partial charge in [-0.3, -0.25) is 4.79 Å². The van der Waals surface area contributed by atoms with E-state index in [0.29, 0.717) is 32.8 Å². The van der Waals surface area contributed by atoms with Gasteiger partial charge in [0, 0.05) is 37.8 Å². The van der Waals surface area contributed by atoms with Crippen LogP contribution in [0.2, 0.25) is 0 Å². The summed E-state index contributed by atoms with van der Waals surface area (Å²) in [7, 11) is -2.46. The van der Waals surface area contributed by atoms with Gasteiger partial charge >= 0.3 is 6.09 Å². The minimum absolute atomic E-state index is 0.0836. The van der Waals surface area contributed by atoms with Crippen LogP contribution in [-0.2, 0) is 14.8 Å². The fraction of sp³-hybridized carbons (Fsp3) is 0.556. The molecule has 28 heavy (non-hydrogen) atoms. The first-order valence-corrected chi connectivity index (χ1v) is 10.6. The van der Waals surface area contributed by atoms with Crippen molar-refractivity contribution in [2.45, 2.75) is 31.7 Å². The highest BCUT2D eigenvalue weighted by molar-refractivity contribution is 7.89. The van der Waals surface area contributed by atoms with Crippen molar-refractivity contribution in [1.82, 2.24) is 14.5 Å². The van der Waals surface area contributed by atoms with Crippen LogP contribution < -0.4 is 9.46 Å². The summed E-state index contributed by atoms with van der Waals surface area (Å²) >= 11 is 0. The zero-order valence-corrected chi connectivity index (χ0v) is 17.4. The monoisotopic (exact) mass is 413 g/mol. The maximum absolute atomic E-state index is 12.8. The van der Waals surface area contributed by atoms with Gasteiger partial charge in [0.05, 0.1) is 13.7 Å². The molecule has 1 heterocycles. The summed E-state index contributed by atoms with van der Waals surface area (Å²) in [6.45, 7) is 6.87. The molecule has 156 valence electrons. The molecule has 0 unspecified atom stereocenters. The fourth-order valence-electron chi connectivity index (χ4n) is 2.88. The van der Waals surface area contributed by atoms with Crippen molar-refractivity contribution in [2.75, 3.05) is 39.9 Å². The summed E-state index contributed by atoms with van der Waals surface area (Å²) in [5.41, 5.74) is 0.245. The first-order chi connectivity index (χ1) is 13.2. The Kier molecular flexibility index (Phi) is 7.25. The van der Waals surface area contributed by atoms with Crippen LogP contribution in [0.1, 0.15) is 31.1 Å². The largest absolute Gasteiger partial charge is 0.495 e. The zero-order valence-electron chi connectivity index (χ0n) is 16.6. The van der Waals surface area contributed by atoms with Crippen molar-refractivity contribution in [3.63, 3.8) is 0 Å². The number of rotatable bonds is 6. The normalized spacial score (nSPS) is 14.9. The van der Waals surface area contributed by atoms with Crippen LogP contribution in [0.25, 0.3) is 0 Å². The van der Waals surface area contributed by atoms with Gasteiger partial charge in [-0.15, -0.1) is 0 Å². The smallest absolute Gasteiger partial charge is 0.409 e. The van der Waals surface area contributed by atoms with Gasteiger partial charge in [-0.05, 0) is 39.0 Å². The number of ether oxygens (including phenoxy) is 2. The minimum Gasteiger partial charge on any atom is -0.495 e. The zero-order chi connectivity index (χ0) is 20.9. The molecule has 10 heteroatoms. The first kappa shape index (κ1) is 22.0. The average molecular weight is 413 g/mol. The first-order valence-electron chi connectivity index (χ1n) is 9.11. The lowest BCUT2D eigenvalue weighted by Crippen LogP contribution is -2.50. The van der Waals surface area contributed by atoms with Crippen LogP contribution in [0, 0.1) is 0 Å². The highest BCUT2D eigenvalue weighted by Gasteiger charge is 2.27. The second-order valence-electron chi connectivity index (χ2n) is 6.62. The summed E-state index contributed by atoms with van der Waals surface area (Å²) in [6, 6.07) is 4.03. The number of hydrogen-bond donors (Lipinski definition) is 1. The van der Waals surface area contributed by atoms with E-state index in [9.17, 15) is 18.0 Å². The summed E-state index contributed by atoms with van der Waals surface area (Å²) in [6.07, 6.45) is -0.396. The molecular formula is C18H27N3O6S. The van der Waals surface area contributed by atoms with E-state index in [-0.39, 0.29) is 28.2 Å². The minimum atomic E-state index is -3.83. The van der Waals surface area contributed by atoms with Gasteiger partial charge in [0.25, 0.3) is 5.91 Å². The number of amides is 2. The van der Waals surface area contributed by atoms with Gasteiger partial charge in [-0.1, -0.05) is 0 Å². The fourth-order valence-corrected chi connectivity index (χ4v) is 4.33. The maximum atomic E-state index is 12.8. The molecular weight excluding hydrogens is 386 g/mol. The molecule has 0 atom stereocenters. The SMILES string of the molecule is CCOC(=O)N1CCN(C(=O)c2ccc(OC)c(S(=O)(=O)NC(C)C)c2)CC1. The van der Waals surface area contributed by atoms with Crippen LogP contribution in [0.4, 0.5) is 4.79 Å². The molecule has 1 N–H and O–H groups in total. The molecule has 9 nitrogen and oxygen atoms in total. The summed E-state index contributed by atoms with van der Waals surface area (Å²) < 4.78 is 37.8. The topological polar surface area (TPSA) is 105 Å². The third-order valence-electron chi connectivity index (χ3n) is 4.18. The molecule has 1 aliphatic heterocycles. The van der Waals surface area contributed by atoms with E-state index in [1.54, 1.807) is 30.6 Å². The number of benzene rings is 1. The van der Waals surface area contributed by atoms with Crippen molar-refractivity contribution in [3.05, 3.63) is 23.8 Å². The molecule has 0 saturated carbocycles. The molecule has 2 rings (SSSR count). The van der Waals surface area contributed by atoms with Gasteiger partial charge in [-0.25, -0.2) is 17.9 Å². The summed E-state index contributed by atoms with van der Waals surface area (Å²) in [5.74, 6) is -0.135. The van der Waals surface area contributed by atoms with E-state index in [1.165, 1.54) is 25.3 Å². The quantitative estimate of drug-likeness (QED) is 0.754. The Hall–Kier alpha value is -2.33. The number of nitrogens with one attached hydrogen (secondary N) is 1. The molecule has 0 aliphatic carbocycles. The van der Waals surface area contributed by atoms with Crippen molar-refractivity contribution in [1.29, 1.82) is 0 Å². The number of carbonyl (C=O) groups excluding carboxylic acids is 2. The summed E-state index contributed by atoms with van der Waals surface area (Å²) in [4.78, 5) is 27.7. The highest BCUT2D eigenvalue weighted by atomic mass is 32.2. The maximum Gasteiger partial charge on any atom is 0.409 e. The Balaban J connectivity index is 2.19. The molecule has 1 aromatic rings. The lowest BCUT2D eigenvalue weighted by Gasteiger charge is -2.34. The third-order valence-corrected chi connectivity index (χ3v) is 5.86. The lowest BCUT2D eigenvalue weighted by atomic mass is 10.1. The van der Waals surface area contributed by atoms with Gasteiger partial charge in [0.2, 0.25) is 10.0 Å². The van der Waals surface area contributed by atoms with Crippen LogP contribution in [-0.4, -0.2) is 76.2 Å². The number of hydrogen-bond acceptors (Lipinski definition) is 6. The highest BCUT2D eigenvalue weighted by Crippen LogP contribution is 2.26. The van der Waals surface area contributed by atoms with Crippen molar-refractivity contribution in [2.24, 2.45) is 0 Å². The Bertz CT molecular complexity index is 817. The van der Waals surface area contributed by atoms with Gasteiger partial charge in [0.15, 0.2) is 0 Å². The van der Waals surface area contributed by atoms with Crippen molar-refractivity contribution < 1.29 is 27.5 Å². The van der Waals surface area contributed by atoms with Crippen LogP contribution in [0.3, 0.4) is 0 Å². The van der Waals surface area contributed by atoms with Gasteiger partial charge in [0.1, 0.15) is 10.6 Å². The Morgan fingerprint density at radius 2 is 1.75 bits per heavy atom. The Morgan fingerprint density at radius 1 is 1.14 bits per heavy atom. The molecule has 1 aromatic carbocycles. The molecule has 0 radical (unpaired) electrons. The van der Waals surface area contributed by atoms with Crippen molar-refractivity contribution >= 4 is 22.0 Å². The molecule has 1 saturated heterocycles. The number of methoxy groups -OCH3 is 1. The number of piperazine rings is 1. The van der Waals surface area contributed by atoms with E-state index in [0.717, 1.165) is 0 Å². The van der Waals surface area contributed by atoms with E-state index >= 15 is 0 Å². The number of carbonyl (C=O) groups is 2. The standard InChI is InChI=1S/C18H27N3O6S/c1-5-27-18(23)21-10-8-20(9-11-21)17(22)14-6-7-15(26-4)16(12-14)28(24,25)19-13(2)3/h6-7,12-13,19H,5,8-11H2,1-4H3. The van der Waals surface area contributed by atoms with E-state index in [4.69, 9.17) is 9.47 Å². The van der Waals surface area contributed by atoms with Crippen LogP contribution in [0.15, 0.2) is 23.1 Å². The lowest BCUT2D eigenvalue weighted by molar-refractivity contribution is 0.0570. The van der Waals surface area contributed by atoms with Crippen LogP contribution in [0.5, 0.6) is 5.75 Å². The molecule has 2 amide bonds. The van der Waals surface area contributed by atoms with Crippen LogP contribution >= 0.6 is 0 Å². The van der Waals surface area contributed by atoms with Gasteiger partial charge < -0.3 is 19.3 Å². The molecule has 0 aromatic heterocycles. The Labute approximate surface area is 165 Å². The van der Waals surface area contributed by atoms with E-state index in [2.05, 4.69) is 4.72 Å². The number of sulfonamides is 1. The van der Waals surface area contributed by atoms with E-state index in [1.807, 2.05) is 0 Å². The predicted molar refractivity (Wildman–Crippen MR) is 103 cm³/mol. The predicted octanol–water partition coefficient (Wildman–Crippen LogP) is 1.30. The second-order valence-corrected chi connectivity index (χ2v) is 8.30.